The van der Waals surface area contributed by atoms with E-state index >= 15 is 0 Å². The number of hydrogen-bond donors (Lipinski definition) is 1. The Balaban J connectivity index is 2.70. The first-order valence-corrected chi connectivity index (χ1v) is 6.48. The molecular formula is C13H16BrNO2. The first-order chi connectivity index (χ1) is 8.21. The molecule has 0 spiro atoms. The van der Waals surface area contributed by atoms with Crippen LogP contribution < -0.4 is 10.5 Å². The number of fused-ring (bicyclic) bond motifs is 1. The summed E-state index contributed by atoms with van der Waals surface area (Å²) in [5, 5.41) is 1.10. The maximum atomic E-state index is 5.80. The molecule has 1 aromatic heterocycles. The Morgan fingerprint density at radius 3 is 2.76 bits per heavy atom. The van der Waals surface area contributed by atoms with Crippen LogP contribution in [0.3, 0.4) is 0 Å². The molecule has 0 unspecified atom stereocenters. The fourth-order valence-electron chi connectivity index (χ4n) is 2.04. The van der Waals surface area contributed by atoms with Crippen LogP contribution in [-0.4, -0.2) is 7.11 Å². The lowest BCUT2D eigenvalue weighted by Crippen LogP contribution is -1.98. The third-order valence-corrected chi connectivity index (χ3v) is 3.41. The predicted molar refractivity (Wildman–Crippen MR) is 72.4 cm³/mol. The summed E-state index contributed by atoms with van der Waals surface area (Å²) in [6.07, 6.45) is 2.04. The number of nitrogens with two attached hydrogens (primary N) is 1. The molecule has 0 aliphatic carbocycles. The van der Waals surface area contributed by atoms with Gasteiger partial charge in [-0.2, -0.15) is 0 Å². The maximum absolute atomic E-state index is 5.80. The van der Waals surface area contributed by atoms with E-state index in [2.05, 4.69) is 22.9 Å². The number of aryl methyl sites for hydroxylation is 1. The largest absolute Gasteiger partial charge is 0.497 e. The molecule has 17 heavy (non-hydrogen) atoms. The first-order valence-electron chi connectivity index (χ1n) is 5.69. The van der Waals surface area contributed by atoms with E-state index in [0.717, 1.165) is 39.8 Å². The summed E-state index contributed by atoms with van der Waals surface area (Å²) in [5.41, 5.74) is 7.78. The van der Waals surface area contributed by atoms with Gasteiger partial charge in [-0.25, -0.2) is 0 Å². The van der Waals surface area contributed by atoms with Crippen LogP contribution in [0.4, 0.5) is 0 Å². The van der Waals surface area contributed by atoms with Gasteiger partial charge in [0.25, 0.3) is 0 Å². The fraction of sp³-hybridized carbons (Fsp3) is 0.385. The van der Waals surface area contributed by atoms with Crippen LogP contribution in [0.1, 0.15) is 24.7 Å². The van der Waals surface area contributed by atoms with Crippen LogP contribution >= 0.6 is 15.9 Å². The van der Waals surface area contributed by atoms with Crippen LogP contribution in [0.5, 0.6) is 5.75 Å². The van der Waals surface area contributed by atoms with Gasteiger partial charge in [0.05, 0.1) is 18.1 Å². The van der Waals surface area contributed by atoms with Crippen LogP contribution in [0, 0.1) is 0 Å². The quantitative estimate of drug-likeness (QED) is 0.938. The third-order valence-electron chi connectivity index (χ3n) is 2.83. The standard InChI is InChI=1S/C13H16BrNO2/c1-3-4-9-10-5-8(16-2)6-11(14)13(10)17-12(9)7-15/h5-6H,3-4,7,15H2,1-2H3. The van der Waals surface area contributed by atoms with Crippen molar-refractivity contribution in [2.45, 2.75) is 26.3 Å². The lowest BCUT2D eigenvalue weighted by atomic mass is 10.1. The Kier molecular flexibility index (Phi) is 3.74. The summed E-state index contributed by atoms with van der Waals surface area (Å²) in [7, 11) is 1.66. The van der Waals surface area contributed by atoms with Crippen molar-refractivity contribution in [2.75, 3.05) is 7.11 Å². The molecule has 0 radical (unpaired) electrons. The van der Waals surface area contributed by atoms with E-state index in [4.69, 9.17) is 14.9 Å². The fourth-order valence-corrected chi connectivity index (χ4v) is 2.56. The molecule has 0 saturated carbocycles. The lowest BCUT2D eigenvalue weighted by molar-refractivity contribution is 0.415. The van der Waals surface area contributed by atoms with Crippen LogP contribution in [0.2, 0.25) is 0 Å². The summed E-state index contributed by atoms with van der Waals surface area (Å²) < 4.78 is 12.0. The molecular weight excluding hydrogens is 282 g/mol. The number of furan rings is 1. The highest BCUT2D eigenvalue weighted by Crippen LogP contribution is 2.35. The number of halogens is 1. The second-order valence-corrected chi connectivity index (χ2v) is 4.80. The molecule has 0 saturated heterocycles. The van der Waals surface area contributed by atoms with Gasteiger partial charge >= 0.3 is 0 Å². The highest BCUT2D eigenvalue weighted by Gasteiger charge is 2.15. The van der Waals surface area contributed by atoms with Gasteiger partial charge < -0.3 is 14.9 Å². The van der Waals surface area contributed by atoms with Crippen molar-refractivity contribution in [1.82, 2.24) is 0 Å². The van der Waals surface area contributed by atoms with E-state index in [1.807, 2.05) is 12.1 Å². The molecule has 2 N–H and O–H groups in total. The smallest absolute Gasteiger partial charge is 0.149 e. The number of ether oxygens (including phenoxy) is 1. The van der Waals surface area contributed by atoms with E-state index in [1.165, 1.54) is 5.56 Å². The molecule has 0 aliphatic rings. The van der Waals surface area contributed by atoms with Gasteiger partial charge in [0.1, 0.15) is 17.1 Å². The number of hydrogen-bond acceptors (Lipinski definition) is 3. The van der Waals surface area contributed by atoms with Gasteiger partial charge in [-0.3, -0.25) is 0 Å². The summed E-state index contributed by atoms with van der Waals surface area (Å²) in [6, 6.07) is 3.91. The summed E-state index contributed by atoms with van der Waals surface area (Å²) in [4.78, 5) is 0. The summed E-state index contributed by atoms with van der Waals surface area (Å²) in [6.45, 7) is 2.58. The molecule has 2 aromatic rings. The van der Waals surface area contributed by atoms with Crippen molar-refractivity contribution in [3.05, 3.63) is 27.9 Å². The predicted octanol–water partition coefficient (Wildman–Crippen LogP) is 3.62. The Hall–Kier alpha value is -1.00. The Morgan fingerprint density at radius 2 is 2.18 bits per heavy atom. The Labute approximate surface area is 109 Å². The zero-order chi connectivity index (χ0) is 12.4. The van der Waals surface area contributed by atoms with E-state index in [1.54, 1.807) is 7.11 Å². The number of rotatable bonds is 4. The van der Waals surface area contributed by atoms with Crippen LogP contribution in [-0.2, 0) is 13.0 Å². The molecule has 92 valence electrons. The van der Waals surface area contributed by atoms with Gasteiger partial charge in [0, 0.05) is 10.9 Å². The third kappa shape index (κ3) is 2.19. The topological polar surface area (TPSA) is 48.4 Å². The van der Waals surface area contributed by atoms with E-state index in [-0.39, 0.29) is 0 Å². The SMILES string of the molecule is CCCc1c(CN)oc2c(Br)cc(OC)cc12. The molecule has 1 heterocycles. The molecule has 0 bridgehead atoms. The van der Waals surface area contributed by atoms with Crippen molar-refractivity contribution >= 4 is 26.9 Å². The molecule has 1 aromatic carbocycles. The van der Waals surface area contributed by atoms with Gasteiger partial charge in [0.15, 0.2) is 0 Å². The van der Waals surface area contributed by atoms with Crippen molar-refractivity contribution in [3.63, 3.8) is 0 Å². The second kappa shape index (κ2) is 5.10. The highest BCUT2D eigenvalue weighted by molar-refractivity contribution is 9.10. The number of benzene rings is 1. The molecule has 4 heteroatoms. The molecule has 2 rings (SSSR count). The molecule has 0 fully saturated rings. The first kappa shape index (κ1) is 12.5. The minimum atomic E-state index is 0.429. The molecule has 0 aliphatic heterocycles. The monoisotopic (exact) mass is 297 g/mol. The van der Waals surface area contributed by atoms with Crippen LogP contribution in [0.25, 0.3) is 11.0 Å². The van der Waals surface area contributed by atoms with Gasteiger partial charge in [0.2, 0.25) is 0 Å². The second-order valence-electron chi connectivity index (χ2n) is 3.94. The van der Waals surface area contributed by atoms with E-state index in [0.29, 0.717) is 6.54 Å². The average molecular weight is 298 g/mol. The van der Waals surface area contributed by atoms with Crippen molar-refractivity contribution in [1.29, 1.82) is 0 Å². The van der Waals surface area contributed by atoms with Crippen molar-refractivity contribution in [2.24, 2.45) is 5.73 Å². The van der Waals surface area contributed by atoms with Crippen molar-refractivity contribution < 1.29 is 9.15 Å². The maximum Gasteiger partial charge on any atom is 0.149 e. The van der Waals surface area contributed by atoms with Gasteiger partial charge in [-0.15, -0.1) is 0 Å². The highest BCUT2D eigenvalue weighted by atomic mass is 79.9. The van der Waals surface area contributed by atoms with Crippen LogP contribution in [0.15, 0.2) is 21.0 Å². The van der Waals surface area contributed by atoms with Gasteiger partial charge in [-0.05, 0) is 34.5 Å². The van der Waals surface area contributed by atoms with E-state index < -0.39 is 0 Å². The summed E-state index contributed by atoms with van der Waals surface area (Å²) >= 11 is 3.50. The zero-order valence-electron chi connectivity index (χ0n) is 10.0. The minimum absolute atomic E-state index is 0.429. The molecule has 0 amide bonds. The normalized spacial score (nSPS) is 11.1. The summed E-state index contributed by atoms with van der Waals surface area (Å²) in [5.74, 6) is 1.70. The van der Waals surface area contributed by atoms with Crippen molar-refractivity contribution in [3.8, 4) is 5.75 Å². The Morgan fingerprint density at radius 1 is 1.41 bits per heavy atom. The molecule has 3 nitrogen and oxygen atoms in total. The lowest BCUT2D eigenvalue weighted by Gasteiger charge is -2.02. The molecule has 0 atom stereocenters. The Bertz CT molecular complexity index is 534. The zero-order valence-corrected chi connectivity index (χ0v) is 11.6. The number of methoxy groups -OCH3 is 1. The average Bonchev–Trinajstić information content (AvgIpc) is 2.68. The van der Waals surface area contributed by atoms with E-state index in [9.17, 15) is 0 Å². The van der Waals surface area contributed by atoms with Gasteiger partial charge in [-0.1, -0.05) is 13.3 Å². The minimum Gasteiger partial charge on any atom is -0.497 e.